The van der Waals surface area contributed by atoms with Crippen molar-refractivity contribution in [1.82, 2.24) is 14.7 Å². The van der Waals surface area contributed by atoms with E-state index >= 15 is 0 Å². The molecule has 4 heterocycles. The molecule has 1 aromatic rings. The number of piperazine rings is 1. The largest absolute Gasteiger partial charge is 0.368 e. The first-order valence-electron chi connectivity index (χ1n) is 9.69. The Morgan fingerprint density at radius 1 is 0.963 bits per heavy atom. The summed E-state index contributed by atoms with van der Waals surface area (Å²) >= 11 is 1.41. The average molecular weight is 391 g/mol. The Kier molecular flexibility index (Phi) is 5.45. The van der Waals surface area contributed by atoms with E-state index in [1.165, 1.54) is 11.3 Å². The molecule has 8 heteroatoms. The molecule has 146 valence electrons. The Balaban J connectivity index is 1.34. The van der Waals surface area contributed by atoms with Crippen LogP contribution in [0.3, 0.4) is 0 Å². The van der Waals surface area contributed by atoms with Crippen LogP contribution in [0.1, 0.15) is 35.4 Å². The van der Waals surface area contributed by atoms with Gasteiger partial charge in [0.2, 0.25) is 5.91 Å². The third-order valence-corrected chi connectivity index (χ3v) is 6.50. The van der Waals surface area contributed by atoms with Gasteiger partial charge in [-0.25, -0.2) is 0 Å². The number of likely N-dealkylation sites (tertiary alicyclic amines) is 1. The Morgan fingerprint density at radius 2 is 1.70 bits per heavy atom. The summed E-state index contributed by atoms with van der Waals surface area (Å²) in [6.45, 7) is 3.41. The summed E-state index contributed by atoms with van der Waals surface area (Å²) in [6.07, 6.45) is 2.99. The molecule has 4 rings (SSSR count). The zero-order valence-corrected chi connectivity index (χ0v) is 16.2. The third kappa shape index (κ3) is 3.73. The predicted octanol–water partition coefficient (Wildman–Crippen LogP) is 1.20. The van der Waals surface area contributed by atoms with Gasteiger partial charge in [0.25, 0.3) is 11.8 Å². The smallest absolute Gasteiger partial charge is 0.264 e. The number of ether oxygens (including phenoxy) is 1. The molecule has 3 amide bonds. The second-order valence-corrected chi connectivity index (χ2v) is 8.23. The fourth-order valence-corrected chi connectivity index (χ4v) is 4.82. The second-order valence-electron chi connectivity index (χ2n) is 7.29. The highest BCUT2D eigenvalue weighted by Gasteiger charge is 2.39. The van der Waals surface area contributed by atoms with E-state index in [4.69, 9.17) is 4.74 Å². The Hall–Kier alpha value is -1.93. The minimum absolute atomic E-state index is 0.0154. The van der Waals surface area contributed by atoms with Crippen molar-refractivity contribution in [2.45, 2.75) is 37.8 Å². The number of nitrogens with zero attached hydrogens (tertiary/aromatic N) is 3. The van der Waals surface area contributed by atoms with E-state index in [0.29, 0.717) is 50.6 Å². The van der Waals surface area contributed by atoms with E-state index in [1.54, 1.807) is 4.90 Å². The van der Waals surface area contributed by atoms with Crippen molar-refractivity contribution >= 4 is 29.1 Å². The highest BCUT2D eigenvalue weighted by atomic mass is 32.1. The van der Waals surface area contributed by atoms with Crippen molar-refractivity contribution in [3.05, 3.63) is 22.4 Å². The molecule has 0 bridgehead atoms. The molecule has 0 unspecified atom stereocenters. The van der Waals surface area contributed by atoms with Crippen molar-refractivity contribution in [2.75, 3.05) is 39.3 Å². The van der Waals surface area contributed by atoms with Gasteiger partial charge in [0, 0.05) is 39.3 Å². The predicted molar refractivity (Wildman–Crippen MR) is 101 cm³/mol. The number of thiophene rings is 1. The fraction of sp³-hybridized carbons (Fsp3) is 0.632. The third-order valence-electron chi connectivity index (χ3n) is 5.64. The monoisotopic (exact) mass is 391 g/mol. The number of amides is 3. The Bertz CT molecular complexity index is 694. The van der Waals surface area contributed by atoms with Gasteiger partial charge in [0.05, 0.1) is 4.88 Å². The minimum atomic E-state index is -0.375. The molecule has 0 radical (unpaired) electrons. The van der Waals surface area contributed by atoms with Crippen molar-refractivity contribution in [1.29, 1.82) is 0 Å². The van der Waals surface area contributed by atoms with Gasteiger partial charge in [-0.3, -0.25) is 14.4 Å². The van der Waals surface area contributed by atoms with Crippen LogP contribution < -0.4 is 0 Å². The number of hydrogen-bond acceptors (Lipinski definition) is 5. The molecular formula is C19H25N3O4S. The van der Waals surface area contributed by atoms with Crippen molar-refractivity contribution in [3.8, 4) is 0 Å². The van der Waals surface area contributed by atoms with Crippen molar-refractivity contribution in [3.63, 3.8) is 0 Å². The molecule has 0 spiro atoms. The quantitative estimate of drug-likeness (QED) is 0.776. The normalized spacial score (nSPS) is 25.9. The highest BCUT2D eigenvalue weighted by molar-refractivity contribution is 7.12. The minimum Gasteiger partial charge on any atom is -0.368 e. The standard InChI is InChI=1S/C19H25N3O4S/c23-17(14-4-1-7-22(14)19(25)16-6-3-13-27-16)20-8-10-21(11-9-20)18(24)15-5-2-12-26-15/h3,6,13-15H,1-2,4-5,7-12H2/t14-,15-/m0/s1. The van der Waals surface area contributed by atoms with Gasteiger partial charge in [0.1, 0.15) is 12.1 Å². The van der Waals surface area contributed by atoms with Gasteiger partial charge in [-0.15, -0.1) is 11.3 Å². The zero-order valence-electron chi connectivity index (χ0n) is 15.3. The highest BCUT2D eigenvalue weighted by Crippen LogP contribution is 2.24. The van der Waals surface area contributed by atoms with Gasteiger partial charge in [-0.1, -0.05) is 6.07 Å². The lowest BCUT2D eigenvalue weighted by Gasteiger charge is -2.38. The summed E-state index contributed by atoms with van der Waals surface area (Å²) in [4.78, 5) is 44.2. The van der Waals surface area contributed by atoms with Crippen LogP contribution in [0.5, 0.6) is 0 Å². The number of hydrogen-bond donors (Lipinski definition) is 0. The summed E-state index contributed by atoms with van der Waals surface area (Å²) in [5.74, 6) is 0.0182. The summed E-state index contributed by atoms with van der Waals surface area (Å²) in [7, 11) is 0. The van der Waals surface area contributed by atoms with Crippen LogP contribution in [-0.4, -0.2) is 83.9 Å². The van der Waals surface area contributed by atoms with Crippen LogP contribution in [0.15, 0.2) is 17.5 Å². The maximum Gasteiger partial charge on any atom is 0.264 e. The molecule has 3 fully saturated rings. The number of rotatable bonds is 3. The molecule has 2 atom stereocenters. The van der Waals surface area contributed by atoms with Crippen LogP contribution in [0.4, 0.5) is 0 Å². The van der Waals surface area contributed by atoms with Crippen LogP contribution in [0, 0.1) is 0 Å². The lowest BCUT2D eigenvalue weighted by molar-refractivity contribution is -0.147. The first kappa shape index (κ1) is 18.4. The molecule has 0 N–H and O–H groups in total. The first-order chi connectivity index (χ1) is 13.1. The SMILES string of the molecule is O=C([C@@H]1CCCO1)N1CCN(C(=O)[C@@H]2CCCN2C(=O)c2cccs2)CC1. The molecule has 0 aromatic carbocycles. The number of carbonyl (C=O) groups excluding carboxylic acids is 3. The van der Waals surface area contributed by atoms with Crippen LogP contribution in [0.2, 0.25) is 0 Å². The van der Waals surface area contributed by atoms with E-state index in [1.807, 2.05) is 27.3 Å². The molecule has 3 aliphatic rings. The van der Waals surface area contributed by atoms with E-state index in [9.17, 15) is 14.4 Å². The molecule has 1 aromatic heterocycles. The van der Waals surface area contributed by atoms with E-state index in [0.717, 1.165) is 19.3 Å². The maximum atomic E-state index is 13.0. The average Bonchev–Trinajstić information content (AvgIpc) is 3.48. The van der Waals surface area contributed by atoms with Gasteiger partial charge in [-0.05, 0) is 37.1 Å². The Labute approximate surface area is 162 Å². The van der Waals surface area contributed by atoms with Gasteiger partial charge >= 0.3 is 0 Å². The van der Waals surface area contributed by atoms with E-state index in [2.05, 4.69) is 0 Å². The fourth-order valence-electron chi connectivity index (χ4n) is 4.14. The molecule has 7 nitrogen and oxygen atoms in total. The van der Waals surface area contributed by atoms with Gasteiger partial charge in [0.15, 0.2) is 0 Å². The molecule has 0 aliphatic carbocycles. The molecule has 27 heavy (non-hydrogen) atoms. The number of carbonyl (C=O) groups is 3. The molecule has 3 aliphatic heterocycles. The summed E-state index contributed by atoms with van der Waals surface area (Å²) < 4.78 is 5.48. The maximum absolute atomic E-state index is 13.0. The molecular weight excluding hydrogens is 366 g/mol. The molecule has 0 saturated carbocycles. The summed E-state index contributed by atoms with van der Waals surface area (Å²) in [6, 6.07) is 3.29. The van der Waals surface area contributed by atoms with Crippen molar-refractivity contribution < 1.29 is 19.1 Å². The van der Waals surface area contributed by atoms with E-state index < -0.39 is 0 Å². The second kappa shape index (κ2) is 7.98. The van der Waals surface area contributed by atoms with E-state index in [-0.39, 0.29) is 29.9 Å². The summed E-state index contributed by atoms with van der Waals surface area (Å²) in [5.41, 5.74) is 0. The Morgan fingerprint density at radius 3 is 2.33 bits per heavy atom. The van der Waals surface area contributed by atoms with Crippen LogP contribution in [0.25, 0.3) is 0 Å². The first-order valence-corrected chi connectivity index (χ1v) is 10.6. The van der Waals surface area contributed by atoms with Crippen LogP contribution in [-0.2, 0) is 14.3 Å². The lowest BCUT2D eigenvalue weighted by Crippen LogP contribution is -2.56. The van der Waals surface area contributed by atoms with Gasteiger partial charge < -0.3 is 19.4 Å². The summed E-state index contributed by atoms with van der Waals surface area (Å²) in [5, 5.41) is 1.88. The zero-order chi connectivity index (χ0) is 18.8. The molecule has 3 saturated heterocycles. The van der Waals surface area contributed by atoms with Gasteiger partial charge in [-0.2, -0.15) is 0 Å². The van der Waals surface area contributed by atoms with Crippen molar-refractivity contribution in [2.24, 2.45) is 0 Å². The van der Waals surface area contributed by atoms with Crippen LogP contribution >= 0.6 is 11.3 Å². The lowest BCUT2D eigenvalue weighted by atomic mass is 10.1. The topological polar surface area (TPSA) is 70.2 Å².